The maximum absolute atomic E-state index is 15.6. The number of aryl methyl sites for hydroxylation is 1. The van der Waals surface area contributed by atoms with Crippen LogP contribution in [0.5, 0.6) is 11.5 Å². The topological polar surface area (TPSA) is 116 Å². The summed E-state index contributed by atoms with van der Waals surface area (Å²) in [5.74, 6) is -5.02. The summed E-state index contributed by atoms with van der Waals surface area (Å²) in [5, 5.41) is 14.4. The average Bonchev–Trinajstić information content (AvgIpc) is 3.58. The van der Waals surface area contributed by atoms with E-state index in [9.17, 15) is 14.7 Å². The van der Waals surface area contributed by atoms with Crippen LogP contribution in [0.4, 0.5) is 11.4 Å². The van der Waals surface area contributed by atoms with Gasteiger partial charge in [-0.25, -0.2) is 4.90 Å². The SMILES string of the molecule is COc1ccc(C23C(=O)N(Nc4ccc(Cl)cc4Cl)C(=O)C2CC2C(=CCC4C(=O)N(c5ccc(C)c(Cl)c5)C(=O)C42)C3c2ccc(O)c3ccccc23)cc1. The van der Waals surface area contributed by atoms with Crippen molar-refractivity contribution in [2.45, 2.75) is 31.1 Å². The molecule has 3 fully saturated rings. The predicted octanol–water partition coefficient (Wildman–Crippen LogP) is 9.01. The number of amides is 4. The van der Waals surface area contributed by atoms with Gasteiger partial charge in [-0.15, -0.1) is 0 Å². The summed E-state index contributed by atoms with van der Waals surface area (Å²) in [5.41, 5.74) is 5.02. The van der Waals surface area contributed by atoms with Crippen LogP contribution in [0.1, 0.15) is 35.4 Å². The Kier molecular flexibility index (Phi) is 8.68. The lowest BCUT2D eigenvalue weighted by Crippen LogP contribution is -2.53. The first-order valence-electron chi connectivity index (χ1n) is 18.2. The average molecular weight is 807 g/mol. The van der Waals surface area contributed by atoms with E-state index in [1.54, 1.807) is 67.8 Å². The number of phenolic OH excluding ortho intramolecular Hbond substituents is 1. The molecule has 6 unspecified atom stereocenters. The number of aromatic hydroxyl groups is 1. The monoisotopic (exact) mass is 805 g/mol. The molecule has 9 rings (SSSR count). The number of hydrogen-bond acceptors (Lipinski definition) is 7. The summed E-state index contributed by atoms with van der Waals surface area (Å²) in [6.45, 7) is 1.85. The van der Waals surface area contributed by atoms with Gasteiger partial charge in [-0.05, 0) is 96.3 Å². The Morgan fingerprint density at radius 3 is 2.27 bits per heavy atom. The van der Waals surface area contributed by atoms with Crippen LogP contribution in [0, 0.1) is 30.6 Å². The van der Waals surface area contributed by atoms with Gasteiger partial charge in [0.1, 0.15) is 11.5 Å². The normalized spacial score (nSPS) is 25.6. The van der Waals surface area contributed by atoms with Gasteiger partial charge in [0.15, 0.2) is 0 Å². The van der Waals surface area contributed by atoms with Crippen LogP contribution in [0.2, 0.25) is 15.1 Å². The molecule has 4 aliphatic rings. The Labute approximate surface area is 337 Å². The third-order valence-corrected chi connectivity index (χ3v) is 13.2. The number of carbonyl (C=O) groups is 4. The second kappa shape index (κ2) is 13.4. The van der Waals surface area contributed by atoms with E-state index in [0.717, 1.165) is 16.1 Å². The summed E-state index contributed by atoms with van der Waals surface area (Å²) in [6.07, 6.45) is 2.35. The number of hydrogen-bond donors (Lipinski definition) is 2. The molecule has 0 aromatic heterocycles. The number of ether oxygens (including phenoxy) is 1. The summed E-state index contributed by atoms with van der Waals surface area (Å²) >= 11 is 19.3. The number of anilines is 2. The molecule has 12 heteroatoms. The number of carbonyl (C=O) groups excluding carboxylic acids is 4. The van der Waals surface area contributed by atoms with Crippen LogP contribution in [0.3, 0.4) is 0 Å². The van der Waals surface area contributed by atoms with Crippen molar-refractivity contribution in [3.8, 4) is 11.5 Å². The lowest BCUT2D eigenvalue weighted by molar-refractivity contribution is -0.138. The molecule has 2 aliphatic heterocycles. The van der Waals surface area contributed by atoms with Gasteiger partial charge in [-0.2, -0.15) is 5.01 Å². The fourth-order valence-corrected chi connectivity index (χ4v) is 10.3. The first-order valence-corrected chi connectivity index (χ1v) is 19.4. The fourth-order valence-electron chi connectivity index (χ4n) is 9.72. The van der Waals surface area contributed by atoms with Gasteiger partial charge in [0.05, 0.1) is 46.7 Å². The number of benzene rings is 5. The Bertz CT molecular complexity index is 2560. The molecule has 6 atom stereocenters. The number of allylic oxidation sites excluding steroid dienone is 2. The number of rotatable bonds is 6. The minimum Gasteiger partial charge on any atom is -0.507 e. The van der Waals surface area contributed by atoms with Gasteiger partial charge >= 0.3 is 0 Å². The molecule has 2 N–H and O–H groups in total. The standard InChI is InChI=1S/C44H34Cl3N3O6/c1-22-7-11-25(20-34(22)46)49-40(52)31-15-14-30-32(38(31)42(49)54)21-33-41(53)50(48-36-17-10-24(45)19-35(36)47)43(55)44(33,23-8-12-26(56-2)13-9-23)39(30)29-16-18-37(51)28-6-4-3-5-27(28)29/h3-14,16-20,31-33,38-39,48,51H,15,21H2,1-2H3. The van der Waals surface area contributed by atoms with Gasteiger partial charge in [0, 0.05) is 21.3 Å². The molecular formula is C44H34Cl3N3O6. The quantitative estimate of drug-likeness (QED) is 0.130. The van der Waals surface area contributed by atoms with E-state index in [1.807, 2.05) is 43.3 Å². The maximum atomic E-state index is 15.6. The largest absolute Gasteiger partial charge is 0.507 e. The Morgan fingerprint density at radius 2 is 1.55 bits per heavy atom. The fraction of sp³-hybridized carbons (Fsp3) is 0.227. The van der Waals surface area contributed by atoms with Crippen molar-refractivity contribution in [2.75, 3.05) is 17.4 Å². The number of hydrazine groups is 1. The summed E-state index contributed by atoms with van der Waals surface area (Å²) in [7, 11) is 1.55. The van der Waals surface area contributed by atoms with E-state index in [-0.39, 0.29) is 35.4 Å². The predicted molar refractivity (Wildman–Crippen MR) is 215 cm³/mol. The van der Waals surface area contributed by atoms with Crippen molar-refractivity contribution < 1.29 is 29.0 Å². The highest BCUT2D eigenvalue weighted by molar-refractivity contribution is 6.36. The molecule has 2 saturated heterocycles. The second-order valence-corrected chi connectivity index (χ2v) is 16.1. The molecule has 5 aromatic carbocycles. The number of phenols is 1. The zero-order valence-corrected chi connectivity index (χ0v) is 32.4. The van der Waals surface area contributed by atoms with Crippen LogP contribution >= 0.6 is 34.8 Å². The third kappa shape index (κ3) is 5.21. The Balaban J connectivity index is 1.28. The highest BCUT2D eigenvalue weighted by Gasteiger charge is 2.70. The zero-order valence-electron chi connectivity index (χ0n) is 30.1. The molecule has 282 valence electrons. The molecule has 5 aromatic rings. The second-order valence-electron chi connectivity index (χ2n) is 14.9. The molecule has 9 nitrogen and oxygen atoms in total. The molecule has 0 radical (unpaired) electrons. The van der Waals surface area contributed by atoms with Gasteiger partial charge in [0.2, 0.25) is 11.8 Å². The molecule has 4 amide bonds. The molecule has 56 heavy (non-hydrogen) atoms. The first kappa shape index (κ1) is 36.3. The van der Waals surface area contributed by atoms with E-state index < -0.39 is 46.8 Å². The lowest BCUT2D eigenvalue weighted by Gasteiger charge is -2.51. The van der Waals surface area contributed by atoms with Gasteiger partial charge in [-0.1, -0.05) is 95.0 Å². The van der Waals surface area contributed by atoms with Crippen LogP contribution in [0.25, 0.3) is 10.8 Å². The van der Waals surface area contributed by atoms with E-state index in [2.05, 4.69) is 5.43 Å². The minimum absolute atomic E-state index is 0.0583. The Hall–Kier alpha value is -5.35. The summed E-state index contributed by atoms with van der Waals surface area (Å²) in [6, 6.07) is 27.7. The first-order chi connectivity index (χ1) is 26.9. The van der Waals surface area contributed by atoms with Crippen molar-refractivity contribution >= 4 is 80.6 Å². The number of imide groups is 2. The van der Waals surface area contributed by atoms with Crippen LogP contribution in [-0.4, -0.2) is 40.9 Å². The maximum Gasteiger partial charge on any atom is 0.260 e. The van der Waals surface area contributed by atoms with E-state index in [0.29, 0.717) is 49.1 Å². The van der Waals surface area contributed by atoms with Crippen molar-refractivity contribution in [2.24, 2.45) is 23.7 Å². The van der Waals surface area contributed by atoms with E-state index in [1.165, 1.54) is 11.0 Å². The van der Waals surface area contributed by atoms with Gasteiger partial charge in [0.25, 0.3) is 11.8 Å². The van der Waals surface area contributed by atoms with Crippen molar-refractivity contribution in [1.29, 1.82) is 0 Å². The number of nitrogens with zero attached hydrogens (tertiary/aromatic N) is 2. The molecule has 2 aliphatic carbocycles. The molecular weight excluding hydrogens is 773 g/mol. The van der Waals surface area contributed by atoms with Gasteiger partial charge < -0.3 is 9.84 Å². The summed E-state index contributed by atoms with van der Waals surface area (Å²) < 4.78 is 5.51. The van der Waals surface area contributed by atoms with E-state index >= 15 is 9.59 Å². The molecule has 2 heterocycles. The number of halogens is 3. The molecule has 0 bridgehead atoms. The molecule has 1 saturated carbocycles. The number of nitrogens with one attached hydrogen (secondary N) is 1. The van der Waals surface area contributed by atoms with Crippen LogP contribution in [0.15, 0.2) is 109 Å². The van der Waals surface area contributed by atoms with Crippen molar-refractivity contribution in [3.05, 3.63) is 140 Å². The zero-order chi connectivity index (χ0) is 39.2. The summed E-state index contributed by atoms with van der Waals surface area (Å²) in [4.78, 5) is 60.9. The van der Waals surface area contributed by atoms with Crippen LogP contribution in [-0.2, 0) is 24.6 Å². The molecule has 0 spiro atoms. The third-order valence-electron chi connectivity index (χ3n) is 12.2. The number of methoxy groups -OCH3 is 1. The lowest BCUT2D eigenvalue weighted by atomic mass is 9.49. The van der Waals surface area contributed by atoms with Crippen LogP contribution < -0.4 is 15.1 Å². The Morgan fingerprint density at radius 1 is 0.804 bits per heavy atom. The smallest absolute Gasteiger partial charge is 0.260 e. The van der Waals surface area contributed by atoms with E-state index in [4.69, 9.17) is 39.5 Å². The number of fused-ring (bicyclic) bond motifs is 5. The minimum atomic E-state index is -1.56. The highest BCUT2D eigenvalue weighted by Crippen LogP contribution is 2.65. The van der Waals surface area contributed by atoms with Gasteiger partial charge in [-0.3, -0.25) is 24.6 Å². The van der Waals surface area contributed by atoms with Crippen molar-refractivity contribution in [3.63, 3.8) is 0 Å². The van der Waals surface area contributed by atoms with Crippen molar-refractivity contribution in [1.82, 2.24) is 5.01 Å². The highest BCUT2D eigenvalue weighted by atomic mass is 35.5.